The Labute approximate surface area is 123 Å². The number of hydrogen-bond acceptors (Lipinski definition) is 3. The molecule has 0 fully saturated rings. The van der Waals surface area contributed by atoms with Crippen LogP contribution in [0.15, 0.2) is 57.8 Å². The Morgan fingerprint density at radius 1 is 1.10 bits per heavy atom. The van der Waals surface area contributed by atoms with Crippen molar-refractivity contribution >= 4 is 22.7 Å². The monoisotopic (exact) mass is 283 g/mol. The third kappa shape index (κ3) is 2.23. The number of nitrogens with two attached hydrogens (primary N) is 1. The second kappa shape index (κ2) is 5.35. The first-order chi connectivity index (χ1) is 9.70. The van der Waals surface area contributed by atoms with E-state index in [4.69, 9.17) is 10.2 Å². The fourth-order valence-electron chi connectivity index (χ4n) is 2.46. The van der Waals surface area contributed by atoms with E-state index in [9.17, 15) is 0 Å². The fraction of sp³-hybridized carbons (Fsp3) is 0.176. The summed E-state index contributed by atoms with van der Waals surface area (Å²) in [6, 6.07) is 16.2. The van der Waals surface area contributed by atoms with Crippen LogP contribution in [0.5, 0.6) is 0 Å². The van der Waals surface area contributed by atoms with Crippen LogP contribution >= 0.6 is 11.8 Å². The molecular weight excluding hydrogens is 266 g/mol. The van der Waals surface area contributed by atoms with Crippen molar-refractivity contribution in [3.8, 4) is 0 Å². The average Bonchev–Trinajstić information content (AvgIpc) is 2.92. The minimum Gasteiger partial charge on any atom is -0.459 e. The van der Waals surface area contributed by atoms with E-state index < -0.39 is 0 Å². The van der Waals surface area contributed by atoms with Crippen LogP contribution in [0.4, 0.5) is 0 Å². The first-order valence-corrected chi connectivity index (χ1v) is 7.80. The van der Waals surface area contributed by atoms with E-state index in [-0.39, 0.29) is 6.04 Å². The molecule has 20 heavy (non-hydrogen) atoms. The number of benzene rings is 2. The van der Waals surface area contributed by atoms with E-state index >= 15 is 0 Å². The van der Waals surface area contributed by atoms with Crippen LogP contribution in [-0.2, 0) is 0 Å². The van der Waals surface area contributed by atoms with Crippen molar-refractivity contribution in [1.29, 1.82) is 0 Å². The Balaban J connectivity index is 2.08. The summed E-state index contributed by atoms with van der Waals surface area (Å²) in [5.41, 5.74) is 9.58. The van der Waals surface area contributed by atoms with Crippen LogP contribution in [0.2, 0.25) is 0 Å². The zero-order chi connectivity index (χ0) is 14.1. The first kappa shape index (κ1) is 13.3. The highest BCUT2D eigenvalue weighted by molar-refractivity contribution is 7.98. The molecule has 0 spiro atoms. The third-order valence-corrected chi connectivity index (χ3v) is 4.35. The maximum Gasteiger partial charge on any atom is 0.137 e. The molecule has 2 aromatic carbocycles. The molecule has 1 unspecified atom stereocenters. The van der Waals surface area contributed by atoms with Gasteiger partial charge in [-0.05, 0) is 36.4 Å². The lowest BCUT2D eigenvalue weighted by atomic mass is 10.1. The number of rotatable bonds is 3. The highest BCUT2D eigenvalue weighted by Gasteiger charge is 2.17. The van der Waals surface area contributed by atoms with Gasteiger partial charge in [0, 0.05) is 10.3 Å². The van der Waals surface area contributed by atoms with Gasteiger partial charge in [0.1, 0.15) is 11.3 Å². The zero-order valence-corrected chi connectivity index (χ0v) is 12.4. The number of para-hydroxylation sites is 1. The third-order valence-electron chi connectivity index (χ3n) is 3.54. The minimum absolute atomic E-state index is 0.231. The van der Waals surface area contributed by atoms with Crippen LogP contribution < -0.4 is 5.73 Å². The molecule has 1 atom stereocenters. The standard InChI is InChI=1S/C17H17NOS/c1-11-6-5-7-12-10-14(19-17(11)12)16(18)13-8-3-4-9-15(13)20-2/h3-10,16H,18H2,1-2H3. The fourth-order valence-corrected chi connectivity index (χ4v) is 3.10. The van der Waals surface area contributed by atoms with E-state index in [0.29, 0.717) is 0 Å². The van der Waals surface area contributed by atoms with Crippen molar-refractivity contribution in [1.82, 2.24) is 0 Å². The lowest BCUT2D eigenvalue weighted by Crippen LogP contribution is -2.11. The van der Waals surface area contributed by atoms with Gasteiger partial charge in [-0.2, -0.15) is 0 Å². The highest BCUT2D eigenvalue weighted by atomic mass is 32.2. The van der Waals surface area contributed by atoms with Gasteiger partial charge >= 0.3 is 0 Å². The molecule has 0 aliphatic rings. The zero-order valence-electron chi connectivity index (χ0n) is 11.6. The summed E-state index contributed by atoms with van der Waals surface area (Å²) < 4.78 is 5.98. The molecule has 3 rings (SSSR count). The van der Waals surface area contributed by atoms with Crippen molar-refractivity contribution < 1.29 is 4.42 Å². The van der Waals surface area contributed by atoms with Gasteiger partial charge in [0.2, 0.25) is 0 Å². The van der Waals surface area contributed by atoms with Gasteiger partial charge in [-0.1, -0.05) is 36.4 Å². The van der Waals surface area contributed by atoms with Crippen LogP contribution in [0.1, 0.15) is 22.9 Å². The first-order valence-electron chi connectivity index (χ1n) is 6.58. The van der Waals surface area contributed by atoms with E-state index in [0.717, 1.165) is 27.9 Å². The van der Waals surface area contributed by atoms with Crippen LogP contribution in [0.3, 0.4) is 0 Å². The summed E-state index contributed by atoms with van der Waals surface area (Å²) in [6.07, 6.45) is 2.06. The van der Waals surface area contributed by atoms with Crippen LogP contribution in [0.25, 0.3) is 11.0 Å². The molecule has 0 saturated heterocycles. The van der Waals surface area contributed by atoms with Crippen molar-refractivity contribution in [3.05, 3.63) is 65.4 Å². The molecule has 0 radical (unpaired) electrons. The summed E-state index contributed by atoms with van der Waals surface area (Å²) in [7, 11) is 0. The molecule has 0 amide bonds. The smallest absolute Gasteiger partial charge is 0.137 e. The number of hydrogen-bond donors (Lipinski definition) is 1. The lowest BCUT2D eigenvalue weighted by molar-refractivity contribution is 0.521. The predicted molar refractivity (Wildman–Crippen MR) is 85.2 cm³/mol. The minimum atomic E-state index is -0.231. The second-order valence-corrected chi connectivity index (χ2v) is 5.71. The van der Waals surface area contributed by atoms with Gasteiger partial charge in [0.05, 0.1) is 6.04 Å². The molecule has 0 bridgehead atoms. The number of fused-ring (bicyclic) bond motifs is 1. The molecule has 102 valence electrons. The van der Waals surface area contributed by atoms with Crippen molar-refractivity contribution in [2.75, 3.05) is 6.26 Å². The largest absolute Gasteiger partial charge is 0.459 e. The Morgan fingerprint density at radius 3 is 2.65 bits per heavy atom. The highest BCUT2D eigenvalue weighted by Crippen LogP contribution is 2.32. The maximum absolute atomic E-state index is 6.40. The number of thioether (sulfide) groups is 1. The van der Waals surface area contributed by atoms with Crippen LogP contribution in [0, 0.1) is 6.92 Å². The Hall–Kier alpha value is -1.71. The summed E-state index contributed by atoms with van der Waals surface area (Å²) in [4.78, 5) is 1.19. The van der Waals surface area contributed by atoms with Gasteiger partial charge in [0.15, 0.2) is 0 Å². The average molecular weight is 283 g/mol. The molecule has 3 aromatic rings. The lowest BCUT2D eigenvalue weighted by Gasteiger charge is -2.12. The molecular formula is C17H17NOS. The topological polar surface area (TPSA) is 39.2 Å². The van der Waals surface area contributed by atoms with Gasteiger partial charge < -0.3 is 10.2 Å². The Morgan fingerprint density at radius 2 is 1.90 bits per heavy atom. The molecule has 2 N–H and O–H groups in total. The number of aryl methyl sites for hydroxylation is 1. The summed E-state index contributed by atoms with van der Waals surface area (Å²) in [5, 5.41) is 1.11. The van der Waals surface area contributed by atoms with Crippen LogP contribution in [-0.4, -0.2) is 6.26 Å². The van der Waals surface area contributed by atoms with Crippen molar-refractivity contribution in [2.24, 2.45) is 5.73 Å². The number of furan rings is 1. The van der Waals surface area contributed by atoms with E-state index in [1.165, 1.54) is 4.90 Å². The Bertz CT molecular complexity index is 748. The van der Waals surface area contributed by atoms with Gasteiger partial charge in [-0.25, -0.2) is 0 Å². The second-order valence-electron chi connectivity index (χ2n) is 4.86. The van der Waals surface area contributed by atoms with Gasteiger partial charge in [-0.3, -0.25) is 0 Å². The summed E-state index contributed by atoms with van der Waals surface area (Å²) >= 11 is 1.71. The predicted octanol–water partition coefficient (Wildman–Crippen LogP) is 4.51. The molecule has 2 nitrogen and oxygen atoms in total. The molecule has 1 aromatic heterocycles. The van der Waals surface area contributed by atoms with E-state index in [1.54, 1.807) is 11.8 Å². The van der Waals surface area contributed by atoms with Gasteiger partial charge in [0.25, 0.3) is 0 Å². The molecule has 0 aliphatic heterocycles. The quantitative estimate of drug-likeness (QED) is 0.719. The SMILES string of the molecule is CSc1ccccc1C(N)c1cc2cccc(C)c2o1. The Kier molecular flexibility index (Phi) is 3.55. The van der Waals surface area contributed by atoms with E-state index in [2.05, 4.69) is 37.4 Å². The maximum atomic E-state index is 6.40. The normalized spacial score (nSPS) is 12.8. The molecule has 3 heteroatoms. The van der Waals surface area contributed by atoms with Gasteiger partial charge in [-0.15, -0.1) is 11.8 Å². The molecule has 0 saturated carbocycles. The van der Waals surface area contributed by atoms with E-state index in [1.807, 2.05) is 24.3 Å². The van der Waals surface area contributed by atoms with Crippen molar-refractivity contribution in [3.63, 3.8) is 0 Å². The van der Waals surface area contributed by atoms with Crippen molar-refractivity contribution in [2.45, 2.75) is 17.9 Å². The summed E-state index contributed by atoms with van der Waals surface area (Å²) in [5.74, 6) is 0.816. The molecule has 0 aliphatic carbocycles. The summed E-state index contributed by atoms with van der Waals surface area (Å²) in [6.45, 7) is 2.05. The molecule has 1 heterocycles.